The first-order valence-corrected chi connectivity index (χ1v) is 10.5. The van der Waals surface area contributed by atoms with Gasteiger partial charge in [0, 0.05) is 35.3 Å². The van der Waals surface area contributed by atoms with E-state index in [9.17, 15) is 4.79 Å². The van der Waals surface area contributed by atoms with Crippen LogP contribution in [0.25, 0.3) is 28.3 Å². The quantitative estimate of drug-likeness (QED) is 0.400. The van der Waals surface area contributed by atoms with Crippen LogP contribution >= 0.6 is 0 Å². The Morgan fingerprint density at radius 2 is 1.79 bits per heavy atom. The molecule has 0 spiro atoms. The zero-order chi connectivity index (χ0) is 23.3. The van der Waals surface area contributed by atoms with Gasteiger partial charge in [0.25, 0.3) is 5.91 Å². The van der Waals surface area contributed by atoms with E-state index in [4.69, 9.17) is 14.6 Å². The molecule has 2 aromatic carbocycles. The molecule has 3 heterocycles. The fourth-order valence-electron chi connectivity index (χ4n) is 3.41. The Morgan fingerprint density at radius 1 is 0.941 bits per heavy atom. The maximum atomic E-state index is 12.4. The van der Waals surface area contributed by atoms with Gasteiger partial charge in [-0.3, -0.25) is 9.78 Å². The Hall–Kier alpha value is -4.79. The van der Waals surface area contributed by atoms with Crippen LogP contribution in [-0.2, 0) is 4.79 Å². The van der Waals surface area contributed by atoms with Gasteiger partial charge in [-0.15, -0.1) is 10.2 Å². The molecule has 5 aromatic rings. The molecule has 0 unspecified atom stereocenters. The lowest BCUT2D eigenvalue weighted by Gasteiger charge is -2.10. The molecule has 9 nitrogen and oxygen atoms in total. The number of aromatic nitrogens is 5. The molecule has 0 saturated carbocycles. The van der Waals surface area contributed by atoms with E-state index >= 15 is 0 Å². The summed E-state index contributed by atoms with van der Waals surface area (Å²) in [6.45, 7) is -0.128. The van der Waals surface area contributed by atoms with Crippen LogP contribution in [0.1, 0.15) is 0 Å². The number of carbonyl (C=O) groups excluding carboxylic acids is 1. The van der Waals surface area contributed by atoms with Gasteiger partial charge in [-0.2, -0.15) is 9.61 Å². The Morgan fingerprint density at radius 3 is 2.65 bits per heavy atom. The fraction of sp³-hybridized carbons (Fsp3) is 0.0800. The molecular weight excluding hydrogens is 432 g/mol. The molecule has 0 aliphatic rings. The second-order valence-corrected chi connectivity index (χ2v) is 7.35. The normalized spacial score (nSPS) is 10.7. The van der Waals surface area contributed by atoms with Crippen molar-refractivity contribution in [2.24, 2.45) is 0 Å². The number of pyridine rings is 1. The van der Waals surface area contributed by atoms with Crippen LogP contribution in [0.4, 0.5) is 5.69 Å². The molecule has 9 heteroatoms. The smallest absolute Gasteiger partial charge is 0.262 e. The number of ether oxygens (including phenoxy) is 2. The third-order valence-corrected chi connectivity index (χ3v) is 5.04. The van der Waals surface area contributed by atoms with Crippen LogP contribution < -0.4 is 14.8 Å². The lowest BCUT2D eigenvalue weighted by Crippen LogP contribution is -2.20. The fourth-order valence-corrected chi connectivity index (χ4v) is 3.41. The molecule has 168 valence electrons. The average Bonchev–Trinajstić information content (AvgIpc) is 3.32. The predicted octanol–water partition coefficient (Wildman–Crippen LogP) is 3.88. The Labute approximate surface area is 195 Å². The van der Waals surface area contributed by atoms with E-state index in [-0.39, 0.29) is 12.5 Å². The molecule has 5 rings (SSSR count). The highest BCUT2D eigenvalue weighted by Crippen LogP contribution is 2.23. The minimum absolute atomic E-state index is 0.128. The lowest BCUT2D eigenvalue weighted by molar-refractivity contribution is -0.118. The van der Waals surface area contributed by atoms with Crippen LogP contribution in [0.15, 0.2) is 85.2 Å². The van der Waals surface area contributed by atoms with Gasteiger partial charge < -0.3 is 14.8 Å². The van der Waals surface area contributed by atoms with Gasteiger partial charge in [-0.25, -0.2) is 0 Å². The van der Waals surface area contributed by atoms with E-state index in [0.29, 0.717) is 34.4 Å². The van der Waals surface area contributed by atoms with Gasteiger partial charge in [0.2, 0.25) is 0 Å². The van der Waals surface area contributed by atoms with Crippen molar-refractivity contribution >= 4 is 17.2 Å². The number of amides is 1. The summed E-state index contributed by atoms with van der Waals surface area (Å²) >= 11 is 0. The van der Waals surface area contributed by atoms with Crippen LogP contribution in [0.2, 0.25) is 0 Å². The number of anilines is 1. The number of hydrogen-bond acceptors (Lipinski definition) is 7. The summed E-state index contributed by atoms with van der Waals surface area (Å²) in [5, 5.41) is 16.0. The number of nitrogens with zero attached hydrogens (tertiary/aromatic N) is 5. The highest BCUT2D eigenvalue weighted by atomic mass is 16.5. The zero-order valence-corrected chi connectivity index (χ0v) is 18.3. The third kappa shape index (κ3) is 4.53. The molecule has 34 heavy (non-hydrogen) atoms. The molecule has 3 aromatic heterocycles. The van der Waals surface area contributed by atoms with E-state index in [1.165, 1.54) is 0 Å². The van der Waals surface area contributed by atoms with Crippen molar-refractivity contribution in [2.75, 3.05) is 19.0 Å². The van der Waals surface area contributed by atoms with E-state index in [1.807, 2.05) is 54.6 Å². The molecular formula is C25H20N6O3. The number of methoxy groups -OCH3 is 1. The molecule has 0 aliphatic carbocycles. The zero-order valence-electron chi connectivity index (χ0n) is 18.3. The summed E-state index contributed by atoms with van der Waals surface area (Å²) in [7, 11) is 1.58. The molecule has 0 saturated heterocycles. The van der Waals surface area contributed by atoms with Gasteiger partial charge in [0.05, 0.1) is 12.8 Å². The summed E-state index contributed by atoms with van der Waals surface area (Å²) in [6.07, 6.45) is 3.42. The summed E-state index contributed by atoms with van der Waals surface area (Å²) < 4.78 is 12.4. The average molecular weight is 452 g/mol. The van der Waals surface area contributed by atoms with Crippen LogP contribution in [0.5, 0.6) is 11.5 Å². The molecule has 0 bridgehead atoms. The van der Waals surface area contributed by atoms with Crippen LogP contribution in [0.3, 0.4) is 0 Å². The van der Waals surface area contributed by atoms with Crippen molar-refractivity contribution in [1.29, 1.82) is 0 Å². The lowest BCUT2D eigenvalue weighted by atomic mass is 10.1. The van der Waals surface area contributed by atoms with Crippen LogP contribution in [0, 0.1) is 0 Å². The highest BCUT2D eigenvalue weighted by Gasteiger charge is 2.12. The van der Waals surface area contributed by atoms with Crippen molar-refractivity contribution in [2.45, 2.75) is 0 Å². The van der Waals surface area contributed by atoms with Gasteiger partial charge in [-0.05, 0) is 48.5 Å². The number of carbonyl (C=O) groups is 1. The summed E-state index contributed by atoms with van der Waals surface area (Å²) in [5.74, 6) is 1.54. The second kappa shape index (κ2) is 9.37. The second-order valence-electron chi connectivity index (χ2n) is 7.35. The third-order valence-electron chi connectivity index (χ3n) is 5.04. The summed E-state index contributed by atoms with van der Waals surface area (Å²) in [5.41, 5.74) is 3.62. The maximum absolute atomic E-state index is 12.4. The van der Waals surface area contributed by atoms with Crippen LogP contribution in [-0.4, -0.2) is 44.4 Å². The van der Waals surface area contributed by atoms with E-state index in [2.05, 4.69) is 20.5 Å². The summed E-state index contributed by atoms with van der Waals surface area (Å²) in [6, 6.07) is 22.0. The van der Waals surface area contributed by atoms with Crippen molar-refractivity contribution in [3.8, 4) is 34.1 Å². The predicted molar refractivity (Wildman–Crippen MR) is 127 cm³/mol. The van der Waals surface area contributed by atoms with Gasteiger partial charge >= 0.3 is 0 Å². The minimum atomic E-state index is -0.277. The van der Waals surface area contributed by atoms with Crippen molar-refractivity contribution in [1.82, 2.24) is 24.8 Å². The van der Waals surface area contributed by atoms with Gasteiger partial charge in [-0.1, -0.05) is 18.2 Å². The Balaban J connectivity index is 1.33. The first-order chi connectivity index (χ1) is 16.7. The highest BCUT2D eigenvalue weighted by molar-refractivity contribution is 5.92. The monoisotopic (exact) mass is 452 g/mol. The number of rotatable bonds is 7. The number of benzene rings is 2. The maximum Gasteiger partial charge on any atom is 0.262 e. The van der Waals surface area contributed by atoms with E-state index in [0.717, 1.165) is 11.1 Å². The molecule has 0 atom stereocenters. The summed E-state index contributed by atoms with van der Waals surface area (Å²) in [4.78, 5) is 16.6. The first-order valence-electron chi connectivity index (χ1n) is 10.5. The van der Waals surface area contributed by atoms with E-state index in [1.54, 1.807) is 42.2 Å². The Kier molecular flexibility index (Phi) is 5.81. The van der Waals surface area contributed by atoms with Gasteiger partial charge in [0.15, 0.2) is 18.1 Å². The Bertz CT molecular complexity index is 1450. The molecule has 1 amide bonds. The number of hydrogen-bond donors (Lipinski definition) is 1. The van der Waals surface area contributed by atoms with Crippen molar-refractivity contribution in [3.05, 3.63) is 85.2 Å². The molecule has 1 N–H and O–H groups in total. The molecule has 0 aliphatic heterocycles. The number of fused-ring (bicyclic) bond motifs is 1. The first kappa shape index (κ1) is 21.1. The van der Waals surface area contributed by atoms with Crippen molar-refractivity contribution in [3.63, 3.8) is 0 Å². The largest absolute Gasteiger partial charge is 0.497 e. The molecule has 0 radical (unpaired) electrons. The van der Waals surface area contributed by atoms with Crippen molar-refractivity contribution < 1.29 is 14.3 Å². The molecule has 0 fully saturated rings. The topological polar surface area (TPSA) is 104 Å². The standard InChI is InChI=1S/C25H20N6O3/c1-33-20-8-3-9-21(14-20)34-16-24(32)27-19-7-2-5-17(13-19)22-10-11-23-28-29-25(31(23)30-22)18-6-4-12-26-15-18/h2-15H,16H2,1H3,(H,27,32). The van der Waals surface area contributed by atoms with E-state index < -0.39 is 0 Å². The number of nitrogens with one attached hydrogen (secondary N) is 1. The minimum Gasteiger partial charge on any atom is -0.497 e. The van der Waals surface area contributed by atoms with Gasteiger partial charge in [0.1, 0.15) is 11.5 Å². The SMILES string of the molecule is COc1cccc(OCC(=O)Nc2cccc(-c3ccc4nnc(-c5cccnc5)n4n3)c2)c1.